The molecule has 1 saturated carbocycles. The van der Waals surface area contributed by atoms with Crippen LogP contribution in [-0.4, -0.2) is 12.1 Å². The highest BCUT2D eigenvalue weighted by Crippen LogP contribution is 2.28. The number of amides is 2. The van der Waals surface area contributed by atoms with E-state index in [4.69, 9.17) is 5.73 Å². The molecule has 0 spiro atoms. The summed E-state index contributed by atoms with van der Waals surface area (Å²) in [6, 6.07) is 7.86. The summed E-state index contributed by atoms with van der Waals surface area (Å²) >= 11 is 0. The van der Waals surface area contributed by atoms with Gasteiger partial charge in [0.05, 0.1) is 0 Å². The number of rotatable bonds is 3. The van der Waals surface area contributed by atoms with Crippen molar-refractivity contribution >= 4 is 11.7 Å². The Bertz CT molecular complexity index is 469. The van der Waals surface area contributed by atoms with E-state index in [9.17, 15) is 4.79 Å². The topological polar surface area (TPSA) is 67.2 Å². The zero-order chi connectivity index (χ0) is 15.4. The van der Waals surface area contributed by atoms with Gasteiger partial charge in [0.15, 0.2) is 0 Å². The zero-order valence-corrected chi connectivity index (χ0v) is 13.2. The summed E-state index contributed by atoms with van der Waals surface area (Å²) in [5.74, 6) is 1.31. The van der Waals surface area contributed by atoms with Crippen molar-refractivity contribution < 1.29 is 4.79 Å². The Morgan fingerprint density at radius 1 is 1.24 bits per heavy atom. The van der Waals surface area contributed by atoms with E-state index < -0.39 is 0 Å². The molecule has 116 valence electrons. The summed E-state index contributed by atoms with van der Waals surface area (Å²) in [5, 5.41) is 6.00. The van der Waals surface area contributed by atoms with Crippen LogP contribution in [0.5, 0.6) is 0 Å². The van der Waals surface area contributed by atoms with E-state index in [1.165, 1.54) is 12.8 Å². The Balaban J connectivity index is 1.86. The molecular formula is C17H27N3O. The van der Waals surface area contributed by atoms with Crippen LogP contribution in [0.15, 0.2) is 24.3 Å². The summed E-state index contributed by atoms with van der Waals surface area (Å²) < 4.78 is 0. The fourth-order valence-electron chi connectivity index (χ4n) is 3.09. The molecule has 0 aromatic heterocycles. The average molecular weight is 289 g/mol. The molecule has 1 aliphatic rings. The highest BCUT2D eigenvalue weighted by atomic mass is 16.2. The number of hydrogen-bond acceptors (Lipinski definition) is 2. The lowest BCUT2D eigenvalue weighted by molar-refractivity contribution is 0.214. The first kappa shape index (κ1) is 15.8. The van der Waals surface area contributed by atoms with Crippen molar-refractivity contribution in [2.45, 2.75) is 52.1 Å². The summed E-state index contributed by atoms with van der Waals surface area (Å²) in [7, 11) is 0. The van der Waals surface area contributed by atoms with Crippen LogP contribution in [0.1, 0.15) is 51.6 Å². The number of carbonyl (C=O) groups is 1. The smallest absolute Gasteiger partial charge is 0.319 e. The van der Waals surface area contributed by atoms with E-state index in [1.54, 1.807) is 0 Å². The minimum Gasteiger partial charge on any atom is -0.335 e. The Kier molecular flexibility index (Phi) is 5.23. The van der Waals surface area contributed by atoms with Crippen molar-refractivity contribution in [1.29, 1.82) is 0 Å². The van der Waals surface area contributed by atoms with Crippen molar-refractivity contribution in [1.82, 2.24) is 5.32 Å². The van der Waals surface area contributed by atoms with E-state index in [-0.39, 0.29) is 18.1 Å². The van der Waals surface area contributed by atoms with Gasteiger partial charge in [0.25, 0.3) is 0 Å². The van der Waals surface area contributed by atoms with Gasteiger partial charge in [0, 0.05) is 17.8 Å². The minimum atomic E-state index is -0.116. The number of nitrogens with one attached hydrogen (secondary N) is 2. The lowest BCUT2D eigenvalue weighted by Gasteiger charge is -2.33. The fraction of sp³-hybridized carbons (Fsp3) is 0.588. The molecule has 0 radical (unpaired) electrons. The maximum atomic E-state index is 12.1. The summed E-state index contributed by atoms with van der Waals surface area (Å²) in [4.78, 5) is 12.1. The molecule has 1 aliphatic carbocycles. The molecule has 0 saturated heterocycles. The molecule has 2 amide bonds. The second-order valence-corrected chi connectivity index (χ2v) is 6.51. The molecule has 21 heavy (non-hydrogen) atoms. The number of nitrogens with two attached hydrogens (primary N) is 1. The van der Waals surface area contributed by atoms with Crippen molar-refractivity contribution in [3.05, 3.63) is 29.8 Å². The van der Waals surface area contributed by atoms with Gasteiger partial charge in [0.1, 0.15) is 0 Å². The third-order valence-electron chi connectivity index (χ3n) is 4.44. The Labute approximate surface area is 127 Å². The van der Waals surface area contributed by atoms with Gasteiger partial charge in [-0.2, -0.15) is 0 Å². The molecule has 1 aromatic rings. The van der Waals surface area contributed by atoms with E-state index in [0.717, 1.165) is 23.6 Å². The van der Waals surface area contributed by atoms with Gasteiger partial charge in [-0.1, -0.05) is 26.0 Å². The van der Waals surface area contributed by atoms with Crippen LogP contribution in [0.2, 0.25) is 0 Å². The van der Waals surface area contributed by atoms with Crippen LogP contribution in [-0.2, 0) is 0 Å². The van der Waals surface area contributed by atoms with Crippen molar-refractivity contribution in [2.24, 2.45) is 17.6 Å². The van der Waals surface area contributed by atoms with Gasteiger partial charge in [-0.05, 0) is 55.7 Å². The van der Waals surface area contributed by atoms with E-state index in [1.807, 2.05) is 31.2 Å². The minimum absolute atomic E-state index is 0.0120. The second kappa shape index (κ2) is 6.94. The van der Waals surface area contributed by atoms with E-state index >= 15 is 0 Å². The number of benzene rings is 1. The lowest BCUT2D eigenvalue weighted by Crippen LogP contribution is -2.44. The van der Waals surface area contributed by atoms with Gasteiger partial charge in [-0.3, -0.25) is 0 Å². The monoisotopic (exact) mass is 289 g/mol. The molecule has 4 unspecified atom stereocenters. The predicted molar refractivity (Wildman–Crippen MR) is 87.2 cm³/mol. The highest BCUT2D eigenvalue weighted by Gasteiger charge is 2.26. The van der Waals surface area contributed by atoms with Crippen LogP contribution >= 0.6 is 0 Å². The van der Waals surface area contributed by atoms with Crippen LogP contribution in [0.3, 0.4) is 0 Å². The zero-order valence-electron chi connectivity index (χ0n) is 13.2. The van der Waals surface area contributed by atoms with Crippen molar-refractivity contribution in [3.63, 3.8) is 0 Å². The average Bonchev–Trinajstić information content (AvgIpc) is 2.42. The Morgan fingerprint density at radius 3 is 2.48 bits per heavy atom. The fourth-order valence-corrected chi connectivity index (χ4v) is 3.09. The molecule has 0 bridgehead atoms. The van der Waals surface area contributed by atoms with Crippen molar-refractivity contribution in [2.75, 3.05) is 5.32 Å². The second-order valence-electron chi connectivity index (χ2n) is 6.51. The molecule has 4 atom stereocenters. The third kappa shape index (κ3) is 4.46. The summed E-state index contributed by atoms with van der Waals surface area (Å²) in [6.07, 6.45) is 3.45. The maximum Gasteiger partial charge on any atom is 0.319 e. The first-order chi connectivity index (χ1) is 9.95. The summed E-state index contributed by atoms with van der Waals surface area (Å²) in [5.41, 5.74) is 7.68. The van der Waals surface area contributed by atoms with Crippen LogP contribution in [0.25, 0.3) is 0 Å². The highest BCUT2D eigenvalue weighted by molar-refractivity contribution is 5.89. The van der Waals surface area contributed by atoms with Gasteiger partial charge >= 0.3 is 6.03 Å². The molecule has 4 heteroatoms. The first-order valence-electron chi connectivity index (χ1n) is 7.88. The molecular weight excluding hydrogens is 262 g/mol. The maximum absolute atomic E-state index is 12.1. The standard InChI is InChI=1S/C17H27N3O/c1-11-4-9-16(12(2)10-11)20-17(21)19-15-7-5-14(6-8-15)13(3)18/h5-8,11-13,16H,4,9-10,18H2,1-3H3,(H2,19,20,21). The van der Waals surface area contributed by atoms with Crippen LogP contribution in [0, 0.1) is 11.8 Å². The molecule has 0 aliphatic heterocycles. The predicted octanol–water partition coefficient (Wildman–Crippen LogP) is 3.65. The number of anilines is 1. The normalized spacial score (nSPS) is 27.0. The molecule has 4 nitrogen and oxygen atoms in total. The van der Waals surface area contributed by atoms with Gasteiger partial charge in [-0.15, -0.1) is 0 Å². The lowest BCUT2D eigenvalue weighted by atomic mass is 9.80. The van der Waals surface area contributed by atoms with Crippen LogP contribution < -0.4 is 16.4 Å². The van der Waals surface area contributed by atoms with Gasteiger partial charge < -0.3 is 16.4 Å². The van der Waals surface area contributed by atoms with Gasteiger partial charge in [-0.25, -0.2) is 4.79 Å². The Morgan fingerprint density at radius 2 is 1.90 bits per heavy atom. The number of carbonyl (C=O) groups excluding carboxylic acids is 1. The molecule has 4 N–H and O–H groups in total. The first-order valence-corrected chi connectivity index (χ1v) is 7.88. The molecule has 0 heterocycles. The SMILES string of the molecule is CC1CCC(NC(=O)Nc2ccc(C(C)N)cc2)C(C)C1. The van der Waals surface area contributed by atoms with Gasteiger partial charge in [0.2, 0.25) is 0 Å². The van der Waals surface area contributed by atoms with E-state index in [0.29, 0.717) is 5.92 Å². The quantitative estimate of drug-likeness (QED) is 0.795. The largest absolute Gasteiger partial charge is 0.335 e. The third-order valence-corrected chi connectivity index (χ3v) is 4.44. The van der Waals surface area contributed by atoms with E-state index in [2.05, 4.69) is 24.5 Å². The number of hydrogen-bond donors (Lipinski definition) is 3. The van der Waals surface area contributed by atoms with Crippen LogP contribution in [0.4, 0.5) is 10.5 Å². The van der Waals surface area contributed by atoms with Crippen molar-refractivity contribution in [3.8, 4) is 0 Å². The summed E-state index contributed by atoms with van der Waals surface area (Å²) in [6.45, 7) is 6.45. The molecule has 1 aromatic carbocycles. The molecule has 1 fully saturated rings. The number of urea groups is 1. The molecule has 2 rings (SSSR count). The Hall–Kier alpha value is -1.55.